The van der Waals surface area contributed by atoms with Gasteiger partial charge in [-0.25, -0.2) is 4.98 Å². The third-order valence-electron chi connectivity index (χ3n) is 5.27. The first kappa shape index (κ1) is 20.1. The summed E-state index contributed by atoms with van der Waals surface area (Å²) in [7, 11) is 0. The Balaban J connectivity index is 1.45. The number of carbonyl (C=O) groups is 1. The summed E-state index contributed by atoms with van der Waals surface area (Å²) in [5.74, 6) is 1.09. The van der Waals surface area contributed by atoms with Gasteiger partial charge in [0.2, 0.25) is 5.88 Å². The quantitative estimate of drug-likeness (QED) is 0.639. The van der Waals surface area contributed by atoms with Crippen LogP contribution < -0.4 is 4.74 Å². The molecule has 1 aliphatic rings. The molecule has 1 saturated heterocycles. The van der Waals surface area contributed by atoms with Crippen LogP contribution in [0.5, 0.6) is 5.88 Å². The van der Waals surface area contributed by atoms with Gasteiger partial charge in [0, 0.05) is 24.4 Å². The lowest BCUT2D eigenvalue weighted by Crippen LogP contribution is -2.55. The van der Waals surface area contributed by atoms with Gasteiger partial charge in [-0.15, -0.1) is 0 Å². The third-order valence-corrected chi connectivity index (χ3v) is 5.27. The average Bonchev–Trinajstić information content (AvgIpc) is 3.13. The Kier molecular flexibility index (Phi) is 5.55. The monoisotopic (exact) mass is 407 g/mol. The number of ether oxygens (including phenoxy) is 2. The third kappa shape index (κ3) is 4.07. The summed E-state index contributed by atoms with van der Waals surface area (Å²) in [4.78, 5) is 19.0. The van der Waals surface area contributed by atoms with Gasteiger partial charge >= 0.3 is 0 Å². The van der Waals surface area contributed by atoms with Crippen LogP contribution in [0.3, 0.4) is 0 Å². The second kappa shape index (κ2) is 8.28. The molecule has 0 spiro atoms. The van der Waals surface area contributed by atoms with Crippen molar-refractivity contribution in [1.82, 2.24) is 15.0 Å². The first-order chi connectivity index (χ1) is 14.5. The minimum absolute atomic E-state index is 0.0522. The number of aromatic nitrogens is 2. The highest BCUT2D eigenvalue weighted by molar-refractivity contribution is 5.94. The van der Waals surface area contributed by atoms with E-state index in [1.54, 1.807) is 18.3 Å². The molecule has 0 atom stereocenters. The maximum absolute atomic E-state index is 12.9. The van der Waals surface area contributed by atoms with Crippen molar-refractivity contribution in [2.45, 2.75) is 32.9 Å². The average molecular weight is 407 g/mol. The second-order valence-corrected chi connectivity index (χ2v) is 7.93. The van der Waals surface area contributed by atoms with Crippen LogP contribution in [0, 0.1) is 6.92 Å². The van der Waals surface area contributed by atoms with Crippen molar-refractivity contribution < 1.29 is 18.8 Å². The maximum atomic E-state index is 12.9. The number of benzene rings is 1. The summed E-state index contributed by atoms with van der Waals surface area (Å²) in [6.07, 6.45) is 1.56. The zero-order chi connectivity index (χ0) is 21.1. The smallest absolute Gasteiger partial charge is 0.256 e. The van der Waals surface area contributed by atoms with Crippen molar-refractivity contribution in [2.24, 2.45) is 0 Å². The number of hydrogen-bond donors (Lipinski definition) is 0. The molecule has 0 unspecified atom stereocenters. The summed E-state index contributed by atoms with van der Waals surface area (Å²) >= 11 is 0. The topological polar surface area (TPSA) is 77.7 Å². The van der Waals surface area contributed by atoms with E-state index < -0.39 is 0 Å². The number of amides is 1. The zero-order valence-corrected chi connectivity index (χ0v) is 17.4. The number of nitrogens with zero attached hydrogens (tertiary/aromatic N) is 3. The number of hydrogen-bond acceptors (Lipinski definition) is 6. The second-order valence-electron chi connectivity index (χ2n) is 7.93. The van der Waals surface area contributed by atoms with Crippen LogP contribution in [0.2, 0.25) is 0 Å². The molecule has 1 aliphatic heterocycles. The summed E-state index contributed by atoms with van der Waals surface area (Å²) in [5.41, 5.74) is 2.79. The molecule has 7 nitrogen and oxygen atoms in total. The molecule has 7 heteroatoms. The molecule has 0 aliphatic carbocycles. The number of morpholine rings is 1. The Morgan fingerprint density at radius 1 is 1.20 bits per heavy atom. The molecule has 4 rings (SSSR count). The molecule has 1 fully saturated rings. The van der Waals surface area contributed by atoms with Crippen LogP contribution in [0.15, 0.2) is 53.2 Å². The fourth-order valence-corrected chi connectivity index (χ4v) is 3.51. The Hall–Kier alpha value is -3.19. The molecule has 2 aromatic heterocycles. The fraction of sp³-hybridized carbons (Fsp3) is 0.348. The van der Waals surface area contributed by atoms with E-state index in [9.17, 15) is 4.79 Å². The summed E-state index contributed by atoms with van der Waals surface area (Å²) in [6.45, 7) is 7.77. The summed E-state index contributed by atoms with van der Waals surface area (Å²) in [5, 5.41) is 4.17. The van der Waals surface area contributed by atoms with Crippen LogP contribution >= 0.6 is 0 Å². The lowest BCUT2D eigenvalue weighted by Gasteiger charge is -2.42. The molecule has 3 heterocycles. The molecule has 0 saturated carbocycles. The van der Waals surface area contributed by atoms with Gasteiger partial charge < -0.3 is 18.9 Å². The minimum atomic E-state index is -0.343. The molecular weight excluding hydrogens is 382 g/mol. The van der Waals surface area contributed by atoms with Gasteiger partial charge in [0.05, 0.1) is 29.9 Å². The summed E-state index contributed by atoms with van der Waals surface area (Å²) < 4.78 is 16.7. The zero-order valence-electron chi connectivity index (χ0n) is 17.4. The Morgan fingerprint density at radius 2 is 2.00 bits per heavy atom. The van der Waals surface area contributed by atoms with E-state index in [0.717, 1.165) is 16.8 Å². The molecule has 0 N–H and O–H groups in total. The lowest BCUT2D eigenvalue weighted by atomic mass is 10.0. The van der Waals surface area contributed by atoms with Gasteiger partial charge in [0.1, 0.15) is 18.1 Å². The van der Waals surface area contributed by atoms with E-state index in [1.807, 2.05) is 56.0 Å². The Labute approximate surface area is 175 Å². The number of rotatable bonds is 5. The number of aryl methyl sites for hydroxylation is 1. The standard InChI is InChI=1S/C23H25N3O4/c1-16-19(21(25-30-16)17-7-5-4-6-8-17)14-29-20-10-9-18(13-24-20)22(27)26-11-12-28-15-23(26,2)3/h4-10,13H,11-12,14-15H2,1-3H3. The summed E-state index contributed by atoms with van der Waals surface area (Å²) in [6, 6.07) is 13.3. The number of pyridine rings is 1. The highest BCUT2D eigenvalue weighted by atomic mass is 16.5. The van der Waals surface area contributed by atoms with Gasteiger partial charge in [0.15, 0.2) is 0 Å². The van der Waals surface area contributed by atoms with E-state index in [-0.39, 0.29) is 18.1 Å². The van der Waals surface area contributed by atoms with Crippen molar-refractivity contribution in [3.63, 3.8) is 0 Å². The first-order valence-corrected chi connectivity index (χ1v) is 9.95. The van der Waals surface area contributed by atoms with Crippen molar-refractivity contribution in [3.8, 4) is 17.1 Å². The van der Waals surface area contributed by atoms with Gasteiger partial charge in [0.25, 0.3) is 5.91 Å². The predicted octanol–water partition coefficient (Wildman–Crippen LogP) is 3.88. The van der Waals surface area contributed by atoms with E-state index >= 15 is 0 Å². The normalized spacial score (nSPS) is 15.8. The van der Waals surface area contributed by atoms with Gasteiger partial charge in [-0.1, -0.05) is 35.5 Å². The van der Waals surface area contributed by atoms with Crippen molar-refractivity contribution in [1.29, 1.82) is 0 Å². The van der Waals surface area contributed by atoms with E-state index in [4.69, 9.17) is 14.0 Å². The maximum Gasteiger partial charge on any atom is 0.256 e. The Morgan fingerprint density at radius 3 is 2.70 bits per heavy atom. The molecule has 30 heavy (non-hydrogen) atoms. The van der Waals surface area contributed by atoms with Crippen molar-refractivity contribution >= 4 is 5.91 Å². The van der Waals surface area contributed by atoms with Gasteiger partial charge in [-0.3, -0.25) is 4.79 Å². The van der Waals surface area contributed by atoms with Crippen LogP contribution in [0.4, 0.5) is 0 Å². The largest absolute Gasteiger partial charge is 0.473 e. The lowest BCUT2D eigenvalue weighted by molar-refractivity contribution is -0.0370. The van der Waals surface area contributed by atoms with E-state index in [1.165, 1.54) is 0 Å². The van der Waals surface area contributed by atoms with Crippen LogP contribution in [0.25, 0.3) is 11.3 Å². The molecule has 3 aromatic rings. The van der Waals surface area contributed by atoms with Crippen molar-refractivity contribution in [3.05, 3.63) is 65.5 Å². The highest BCUT2D eigenvalue weighted by Crippen LogP contribution is 2.26. The van der Waals surface area contributed by atoms with E-state index in [2.05, 4.69) is 10.1 Å². The van der Waals surface area contributed by atoms with Crippen LogP contribution in [0.1, 0.15) is 35.5 Å². The molecule has 0 bridgehead atoms. The van der Waals surface area contributed by atoms with E-state index in [0.29, 0.717) is 37.0 Å². The van der Waals surface area contributed by atoms with Gasteiger partial charge in [-0.05, 0) is 26.8 Å². The Bertz CT molecular complexity index is 1010. The van der Waals surface area contributed by atoms with Crippen molar-refractivity contribution in [2.75, 3.05) is 19.8 Å². The first-order valence-electron chi connectivity index (χ1n) is 9.95. The number of carbonyl (C=O) groups excluding carboxylic acids is 1. The van der Waals surface area contributed by atoms with Crippen LogP contribution in [-0.2, 0) is 11.3 Å². The fourth-order valence-electron chi connectivity index (χ4n) is 3.51. The van der Waals surface area contributed by atoms with Crippen LogP contribution in [-0.4, -0.2) is 46.2 Å². The SMILES string of the molecule is Cc1onc(-c2ccccc2)c1COc1ccc(C(=O)N2CCOCC2(C)C)cn1. The molecular formula is C23H25N3O4. The molecule has 1 aromatic carbocycles. The highest BCUT2D eigenvalue weighted by Gasteiger charge is 2.34. The minimum Gasteiger partial charge on any atom is -0.473 e. The molecule has 1 amide bonds. The molecule has 0 radical (unpaired) electrons. The predicted molar refractivity (Wildman–Crippen MR) is 111 cm³/mol. The molecule has 156 valence electrons. The van der Waals surface area contributed by atoms with Gasteiger partial charge in [-0.2, -0.15) is 0 Å².